The van der Waals surface area contributed by atoms with Crippen LogP contribution < -0.4 is 16.0 Å². The van der Waals surface area contributed by atoms with Crippen molar-refractivity contribution in [2.45, 2.75) is 103 Å². The van der Waals surface area contributed by atoms with E-state index in [1.807, 2.05) is 20.8 Å². The van der Waals surface area contributed by atoms with Gasteiger partial charge in [0.25, 0.3) is 0 Å². The summed E-state index contributed by atoms with van der Waals surface area (Å²) in [6.45, 7) is 9.67. The number of piperidine rings is 1. The monoisotopic (exact) mass is 353 g/mol. The molecule has 25 heavy (non-hydrogen) atoms. The van der Waals surface area contributed by atoms with Gasteiger partial charge in [0.15, 0.2) is 0 Å². The van der Waals surface area contributed by atoms with E-state index in [-0.39, 0.29) is 6.09 Å². The Morgan fingerprint density at radius 3 is 2.52 bits per heavy atom. The van der Waals surface area contributed by atoms with Crippen molar-refractivity contribution in [2.24, 2.45) is 5.92 Å². The Morgan fingerprint density at radius 2 is 1.88 bits per heavy atom. The van der Waals surface area contributed by atoms with Crippen molar-refractivity contribution in [3.63, 3.8) is 0 Å². The summed E-state index contributed by atoms with van der Waals surface area (Å²) in [5.41, 5.74) is -0.444. The van der Waals surface area contributed by atoms with Gasteiger partial charge in [-0.15, -0.1) is 0 Å². The highest BCUT2D eigenvalue weighted by atomic mass is 16.6. The van der Waals surface area contributed by atoms with Crippen LogP contribution in [0.5, 0.6) is 0 Å². The van der Waals surface area contributed by atoms with Crippen LogP contribution in [0.3, 0.4) is 0 Å². The largest absolute Gasteiger partial charge is 0.444 e. The van der Waals surface area contributed by atoms with E-state index in [9.17, 15) is 4.79 Å². The normalized spacial score (nSPS) is 29.0. The Morgan fingerprint density at radius 1 is 1.16 bits per heavy atom. The Bertz CT molecular complexity index is 402. The van der Waals surface area contributed by atoms with Crippen LogP contribution in [0.25, 0.3) is 0 Å². The van der Waals surface area contributed by atoms with Gasteiger partial charge >= 0.3 is 6.09 Å². The summed E-state index contributed by atoms with van der Waals surface area (Å²) in [6.07, 6.45) is 9.94. The minimum atomic E-state index is -0.444. The second-order valence-corrected chi connectivity index (χ2v) is 8.77. The molecule has 1 aliphatic heterocycles. The minimum Gasteiger partial charge on any atom is -0.444 e. The van der Waals surface area contributed by atoms with Gasteiger partial charge in [-0.2, -0.15) is 0 Å². The van der Waals surface area contributed by atoms with Crippen molar-refractivity contribution in [1.82, 2.24) is 16.0 Å². The molecule has 1 saturated heterocycles. The van der Waals surface area contributed by atoms with Gasteiger partial charge in [0.05, 0.1) is 0 Å². The summed E-state index contributed by atoms with van der Waals surface area (Å²) in [6, 6.07) is 1.54. The van der Waals surface area contributed by atoms with E-state index in [1.165, 1.54) is 51.5 Å². The second-order valence-electron chi connectivity index (χ2n) is 8.77. The van der Waals surface area contributed by atoms with Crippen molar-refractivity contribution >= 4 is 6.09 Å². The van der Waals surface area contributed by atoms with Gasteiger partial charge in [0.2, 0.25) is 0 Å². The van der Waals surface area contributed by atoms with Crippen LogP contribution in [0.4, 0.5) is 4.79 Å². The zero-order valence-electron chi connectivity index (χ0n) is 16.7. The van der Waals surface area contributed by atoms with Gasteiger partial charge < -0.3 is 20.7 Å². The Kier molecular flexibility index (Phi) is 8.01. The van der Waals surface area contributed by atoms with Gasteiger partial charge in [-0.05, 0) is 65.3 Å². The molecule has 5 nitrogen and oxygen atoms in total. The first-order chi connectivity index (χ1) is 11.9. The first-order valence-corrected chi connectivity index (χ1v) is 10.4. The highest BCUT2D eigenvalue weighted by Gasteiger charge is 2.33. The summed E-state index contributed by atoms with van der Waals surface area (Å²) in [4.78, 5) is 11.9. The molecule has 4 unspecified atom stereocenters. The zero-order valence-corrected chi connectivity index (χ0v) is 16.7. The van der Waals surface area contributed by atoms with Crippen LogP contribution in [0, 0.1) is 5.92 Å². The molecule has 0 aromatic rings. The average Bonchev–Trinajstić information content (AvgIpc) is 2.58. The summed E-state index contributed by atoms with van der Waals surface area (Å²) < 4.78 is 5.35. The van der Waals surface area contributed by atoms with Crippen LogP contribution in [-0.2, 0) is 4.74 Å². The van der Waals surface area contributed by atoms with Gasteiger partial charge in [-0.3, -0.25) is 0 Å². The third kappa shape index (κ3) is 7.14. The molecular formula is C20H39N3O2. The fourth-order valence-corrected chi connectivity index (χ4v) is 4.24. The van der Waals surface area contributed by atoms with Crippen LogP contribution in [0.1, 0.15) is 79.1 Å². The molecule has 2 fully saturated rings. The van der Waals surface area contributed by atoms with E-state index in [4.69, 9.17) is 4.74 Å². The number of nitrogens with one attached hydrogen (secondary N) is 3. The van der Waals surface area contributed by atoms with Crippen molar-refractivity contribution in [2.75, 3.05) is 13.1 Å². The number of ether oxygens (including phenoxy) is 1. The topological polar surface area (TPSA) is 62.4 Å². The first-order valence-electron chi connectivity index (χ1n) is 10.4. The van der Waals surface area contributed by atoms with Crippen LogP contribution >= 0.6 is 0 Å². The number of amides is 1. The molecule has 0 aromatic carbocycles. The molecular weight excluding hydrogens is 314 g/mol. The SMILES string of the molecule is CCC(CNC(=O)OC(C)(C)C)NC1CCCCC1C1CCCCN1. The van der Waals surface area contributed by atoms with Crippen molar-refractivity contribution in [1.29, 1.82) is 0 Å². The summed E-state index contributed by atoms with van der Waals surface area (Å²) in [5.74, 6) is 0.727. The number of hydrogen-bond acceptors (Lipinski definition) is 4. The molecule has 4 atom stereocenters. The molecule has 2 aliphatic rings. The van der Waals surface area contributed by atoms with E-state index in [2.05, 4.69) is 22.9 Å². The predicted molar refractivity (Wildman–Crippen MR) is 103 cm³/mol. The summed E-state index contributed by atoms with van der Waals surface area (Å²) in [7, 11) is 0. The third-order valence-corrected chi connectivity index (χ3v) is 5.52. The molecule has 0 spiro atoms. The van der Waals surface area contributed by atoms with Crippen LogP contribution in [0.15, 0.2) is 0 Å². The van der Waals surface area contributed by atoms with E-state index in [1.54, 1.807) is 0 Å². The first kappa shape index (κ1) is 20.5. The fraction of sp³-hybridized carbons (Fsp3) is 0.950. The highest BCUT2D eigenvalue weighted by molar-refractivity contribution is 5.67. The van der Waals surface area contributed by atoms with Gasteiger partial charge in [-0.1, -0.05) is 26.2 Å². The number of rotatable bonds is 6. The number of carbonyl (C=O) groups is 1. The lowest BCUT2D eigenvalue weighted by Gasteiger charge is -2.41. The Labute approximate surface area is 154 Å². The maximum absolute atomic E-state index is 11.9. The van der Waals surface area contributed by atoms with Crippen molar-refractivity contribution < 1.29 is 9.53 Å². The van der Waals surface area contributed by atoms with E-state index in [0.717, 1.165) is 12.3 Å². The molecule has 146 valence electrons. The lowest BCUT2D eigenvalue weighted by molar-refractivity contribution is 0.0519. The molecule has 0 radical (unpaired) electrons. The Balaban J connectivity index is 1.84. The van der Waals surface area contributed by atoms with E-state index in [0.29, 0.717) is 24.7 Å². The predicted octanol–water partition coefficient (Wildman–Crippen LogP) is 3.58. The van der Waals surface area contributed by atoms with Gasteiger partial charge in [-0.25, -0.2) is 4.79 Å². The third-order valence-electron chi connectivity index (χ3n) is 5.52. The highest BCUT2D eigenvalue weighted by Crippen LogP contribution is 2.30. The quantitative estimate of drug-likeness (QED) is 0.683. The molecule has 0 bridgehead atoms. The van der Waals surface area contributed by atoms with Crippen molar-refractivity contribution in [3.8, 4) is 0 Å². The lowest BCUT2D eigenvalue weighted by atomic mass is 9.77. The average molecular weight is 354 g/mol. The van der Waals surface area contributed by atoms with E-state index < -0.39 is 5.60 Å². The van der Waals surface area contributed by atoms with Crippen molar-refractivity contribution in [3.05, 3.63) is 0 Å². The molecule has 0 aromatic heterocycles. The summed E-state index contributed by atoms with van der Waals surface area (Å²) >= 11 is 0. The van der Waals surface area contributed by atoms with Gasteiger partial charge in [0, 0.05) is 24.7 Å². The molecule has 5 heteroatoms. The van der Waals surface area contributed by atoms with Crippen LogP contribution in [-0.4, -0.2) is 42.9 Å². The molecule has 1 aliphatic carbocycles. The molecule has 2 rings (SSSR count). The number of hydrogen-bond donors (Lipinski definition) is 3. The zero-order chi connectivity index (χ0) is 18.3. The Hall–Kier alpha value is -0.810. The van der Waals surface area contributed by atoms with Crippen LogP contribution in [0.2, 0.25) is 0 Å². The lowest BCUT2D eigenvalue weighted by Crippen LogP contribution is -2.54. The molecule has 1 amide bonds. The molecule has 1 saturated carbocycles. The fourth-order valence-electron chi connectivity index (χ4n) is 4.24. The second kappa shape index (κ2) is 9.77. The van der Waals surface area contributed by atoms with Gasteiger partial charge in [0.1, 0.15) is 5.60 Å². The minimum absolute atomic E-state index is 0.307. The molecule has 3 N–H and O–H groups in total. The maximum atomic E-state index is 11.9. The number of alkyl carbamates (subject to hydrolysis) is 1. The standard InChI is InChI=1S/C20H39N3O2/c1-5-15(14-22-19(24)25-20(2,3)4)23-18-12-7-6-10-16(18)17-11-8-9-13-21-17/h15-18,21,23H,5-14H2,1-4H3,(H,22,24). The molecule has 1 heterocycles. The smallest absolute Gasteiger partial charge is 0.407 e. The summed E-state index contributed by atoms with van der Waals surface area (Å²) in [5, 5.41) is 10.6. The maximum Gasteiger partial charge on any atom is 0.407 e. The number of carbonyl (C=O) groups excluding carboxylic acids is 1. The van der Waals surface area contributed by atoms with E-state index >= 15 is 0 Å².